The zero-order chi connectivity index (χ0) is 19.3. The van der Waals surface area contributed by atoms with Crippen molar-refractivity contribution < 1.29 is 9.18 Å². The van der Waals surface area contributed by atoms with Crippen LogP contribution >= 0.6 is 0 Å². The van der Waals surface area contributed by atoms with Crippen molar-refractivity contribution in [1.29, 1.82) is 0 Å². The van der Waals surface area contributed by atoms with E-state index in [4.69, 9.17) is 0 Å². The lowest BCUT2D eigenvalue weighted by atomic mass is 10.0. The lowest BCUT2D eigenvalue weighted by Gasteiger charge is -2.27. The number of benzene rings is 1. The second-order valence-corrected chi connectivity index (χ2v) is 8.00. The van der Waals surface area contributed by atoms with Crippen molar-refractivity contribution >= 4 is 16.8 Å². The minimum absolute atomic E-state index is 0.00704. The van der Waals surface area contributed by atoms with Gasteiger partial charge in [-0.15, -0.1) is 0 Å². The number of pyridine rings is 1. The molecule has 1 aromatic carbocycles. The molecule has 6 heteroatoms. The smallest absolute Gasteiger partial charge is 0.254 e. The number of likely N-dealkylation sites (tertiary alicyclic amines) is 1. The Hall–Kier alpha value is -2.76. The van der Waals surface area contributed by atoms with Crippen LogP contribution in [0.4, 0.5) is 4.39 Å². The van der Waals surface area contributed by atoms with Gasteiger partial charge in [0.05, 0.1) is 23.0 Å². The zero-order valence-corrected chi connectivity index (χ0v) is 15.9. The zero-order valence-electron chi connectivity index (χ0n) is 15.9. The fourth-order valence-corrected chi connectivity index (χ4v) is 4.70. The first kappa shape index (κ1) is 17.3. The number of piperidine rings is 1. The van der Waals surface area contributed by atoms with Crippen LogP contribution in [0.15, 0.2) is 36.7 Å². The molecule has 5 nitrogen and oxygen atoms in total. The molecule has 3 heterocycles. The van der Waals surface area contributed by atoms with Gasteiger partial charge in [0.1, 0.15) is 5.82 Å². The van der Waals surface area contributed by atoms with E-state index in [2.05, 4.69) is 17.0 Å². The average molecular weight is 378 g/mol. The van der Waals surface area contributed by atoms with Crippen molar-refractivity contribution in [2.75, 3.05) is 6.54 Å². The van der Waals surface area contributed by atoms with Gasteiger partial charge in [-0.05, 0) is 55.9 Å². The first-order chi connectivity index (χ1) is 13.6. The number of aromatic nitrogens is 3. The van der Waals surface area contributed by atoms with E-state index in [9.17, 15) is 9.18 Å². The van der Waals surface area contributed by atoms with Crippen LogP contribution in [-0.4, -0.2) is 38.2 Å². The normalized spacial score (nSPS) is 21.0. The molecule has 2 bridgehead atoms. The van der Waals surface area contributed by atoms with Crippen molar-refractivity contribution in [3.05, 3.63) is 48.0 Å². The molecule has 1 aliphatic heterocycles. The number of amides is 1. The average Bonchev–Trinajstić information content (AvgIpc) is 3.44. The van der Waals surface area contributed by atoms with E-state index in [0.29, 0.717) is 34.1 Å². The minimum atomic E-state index is -0.352. The second-order valence-electron chi connectivity index (χ2n) is 8.00. The Morgan fingerprint density at radius 3 is 2.93 bits per heavy atom. The number of rotatable bonds is 4. The third kappa shape index (κ3) is 2.87. The highest BCUT2D eigenvalue weighted by molar-refractivity contribution is 6.07. The molecule has 0 spiro atoms. The van der Waals surface area contributed by atoms with Crippen LogP contribution in [0.3, 0.4) is 0 Å². The highest BCUT2D eigenvalue weighted by Crippen LogP contribution is 2.39. The van der Waals surface area contributed by atoms with E-state index >= 15 is 0 Å². The van der Waals surface area contributed by atoms with Crippen molar-refractivity contribution in [1.82, 2.24) is 19.7 Å². The molecule has 2 fully saturated rings. The van der Waals surface area contributed by atoms with Gasteiger partial charge >= 0.3 is 0 Å². The molecule has 2 atom stereocenters. The maximum absolute atomic E-state index is 14.0. The third-order valence-corrected chi connectivity index (χ3v) is 6.05. The summed E-state index contributed by atoms with van der Waals surface area (Å²) >= 11 is 0. The standard InChI is InChI=1S/C22H23FN4O/c1-2-7-26-13-15(11-24-26)21-10-19(18-9-16(23)4-6-20(18)25-21)22(28)27-12-14-3-5-17(27)8-14/h4,6,9-11,13-14,17H,2-3,5,7-8,12H2,1H3/t14-,17-/m1/s1. The van der Waals surface area contributed by atoms with Gasteiger partial charge < -0.3 is 4.90 Å². The van der Waals surface area contributed by atoms with Gasteiger partial charge in [-0.1, -0.05) is 6.92 Å². The summed E-state index contributed by atoms with van der Waals surface area (Å²) in [5.74, 6) is 0.257. The fraction of sp³-hybridized carbons (Fsp3) is 0.409. The van der Waals surface area contributed by atoms with E-state index in [1.807, 2.05) is 21.8 Å². The van der Waals surface area contributed by atoms with Crippen molar-refractivity contribution in [3.63, 3.8) is 0 Å². The van der Waals surface area contributed by atoms with Gasteiger partial charge in [-0.25, -0.2) is 9.37 Å². The van der Waals surface area contributed by atoms with Gasteiger partial charge in [0.2, 0.25) is 0 Å². The van der Waals surface area contributed by atoms with Gasteiger partial charge in [0.25, 0.3) is 5.91 Å². The van der Waals surface area contributed by atoms with E-state index in [0.717, 1.165) is 37.9 Å². The Balaban J connectivity index is 1.61. The number of carbonyl (C=O) groups excluding carboxylic acids is 1. The van der Waals surface area contributed by atoms with E-state index in [1.54, 1.807) is 12.3 Å². The summed E-state index contributed by atoms with van der Waals surface area (Å²) in [6.45, 7) is 3.75. The summed E-state index contributed by atoms with van der Waals surface area (Å²) in [5, 5.41) is 4.96. The van der Waals surface area contributed by atoms with Gasteiger partial charge in [0.15, 0.2) is 0 Å². The Morgan fingerprint density at radius 1 is 1.29 bits per heavy atom. The molecule has 5 rings (SSSR count). The predicted octanol–water partition coefficient (Wildman–Crippen LogP) is 4.27. The summed E-state index contributed by atoms with van der Waals surface area (Å²) in [7, 11) is 0. The highest BCUT2D eigenvalue weighted by Gasteiger charge is 2.40. The molecule has 0 unspecified atom stereocenters. The summed E-state index contributed by atoms with van der Waals surface area (Å²) in [6.07, 6.45) is 8.10. The molecule has 1 amide bonds. The van der Waals surface area contributed by atoms with Crippen molar-refractivity contribution in [3.8, 4) is 11.3 Å². The molecule has 28 heavy (non-hydrogen) atoms. The van der Waals surface area contributed by atoms with E-state index in [1.165, 1.54) is 18.6 Å². The molecule has 0 radical (unpaired) electrons. The summed E-state index contributed by atoms with van der Waals surface area (Å²) < 4.78 is 15.8. The molecule has 0 N–H and O–H groups in total. The number of fused-ring (bicyclic) bond motifs is 3. The first-order valence-corrected chi connectivity index (χ1v) is 10.1. The molecule has 1 aliphatic carbocycles. The summed E-state index contributed by atoms with van der Waals surface area (Å²) in [4.78, 5) is 20.1. The monoisotopic (exact) mass is 378 g/mol. The molecule has 2 aliphatic rings. The topological polar surface area (TPSA) is 51.0 Å². The molecule has 1 saturated heterocycles. The van der Waals surface area contributed by atoms with Crippen molar-refractivity contribution in [2.24, 2.45) is 5.92 Å². The van der Waals surface area contributed by atoms with Crippen LogP contribution in [0.1, 0.15) is 43.0 Å². The lowest BCUT2D eigenvalue weighted by molar-refractivity contribution is 0.0705. The SMILES string of the molecule is CCCn1cc(-c2cc(C(=O)N3C[C@@H]4CC[C@@H]3C4)c3cc(F)ccc3n2)cn1. The van der Waals surface area contributed by atoms with Crippen LogP contribution < -0.4 is 0 Å². The van der Waals surface area contributed by atoms with Crippen LogP contribution in [-0.2, 0) is 6.54 Å². The number of hydrogen-bond acceptors (Lipinski definition) is 3. The molecule has 144 valence electrons. The molecular formula is C22H23FN4O. The first-order valence-electron chi connectivity index (χ1n) is 10.1. The number of aryl methyl sites for hydroxylation is 1. The van der Waals surface area contributed by atoms with E-state index < -0.39 is 0 Å². The predicted molar refractivity (Wildman–Crippen MR) is 105 cm³/mol. The fourth-order valence-electron chi connectivity index (χ4n) is 4.70. The minimum Gasteiger partial charge on any atom is -0.335 e. The second kappa shape index (κ2) is 6.69. The lowest BCUT2D eigenvalue weighted by Crippen LogP contribution is -2.37. The van der Waals surface area contributed by atoms with Crippen LogP contribution in [0.2, 0.25) is 0 Å². The number of halogens is 1. The Kier molecular flexibility index (Phi) is 4.14. The Labute approximate surface area is 163 Å². The summed E-state index contributed by atoms with van der Waals surface area (Å²) in [6, 6.07) is 6.60. The molecule has 2 aromatic heterocycles. The van der Waals surface area contributed by atoms with Gasteiger partial charge in [-0.2, -0.15) is 5.10 Å². The van der Waals surface area contributed by atoms with Gasteiger partial charge in [-0.3, -0.25) is 9.48 Å². The largest absolute Gasteiger partial charge is 0.335 e. The Bertz CT molecular complexity index is 1060. The summed E-state index contributed by atoms with van der Waals surface area (Å²) in [5.41, 5.74) is 2.75. The van der Waals surface area contributed by atoms with Crippen LogP contribution in [0, 0.1) is 11.7 Å². The molecule has 3 aromatic rings. The number of hydrogen-bond donors (Lipinski definition) is 0. The van der Waals surface area contributed by atoms with Crippen LogP contribution in [0.5, 0.6) is 0 Å². The van der Waals surface area contributed by atoms with Crippen molar-refractivity contribution in [2.45, 2.75) is 45.2 Å². The maximum atomic E-state index is 14.0. The molecule has 1 saturated carbocycles. The Morgan fingerprint density at radius 2 is 2.18 bits per heavy atom. The molecular weight excluding hydrogens is 355 g/mol. The quantitative estimate of drug-likeness (QED) is 0.681. The number of carbonyl (C=O) groups is 1. The maximum Gasteiger partial charge on any atom is 0.254 e. The third-order valence-electron chi connectivity index (χ3n) is 6.05. The van der Waals surface area contributed by atoms with Crippen LogP contribution in [0.25, 0.3) is 22.2 Å². The number of nitrogens with zero attached hydrogens (tertiary/aromatic N) is 4. The van der Waals surface area contributed by atoms with E-state index in [-0.39, 0.29) is 11.7 Å². The van der Waals surface area contributed by atoms with Gasteiger partial charge in [0, 0.05) is 36.3 Å². The highest BCUT2D eigenvalue weighted by atomic mass is 19.1.